The van der Waals surface area contributed by atoms with Crippen molar-refractivity contribution in [3.63, 3.8) is 0 Å². The van der Waals surface area contributed by atoms with Gasteiger partial charge in [0.05, 0.1) is 12.1 Å². The molecular weight excluding hydrogens is 272 g/mol. The zero-order chi connectivity index (χ0) is 14.1. The highest BCUT2D eigenvalue weighted by atomic mass is 32.1. The highest BCUT2D eigenvalue weighted by Crippen LogP contribution is 2.36. The number of hydrogen-bond donors (Lipinski definition) is 1. The molecule has 0 bridgehead atoms. The lowest BCUT2D eigenvalue weighted by atomic mass is 9.97. The number of hydrogen-bond acceptors (Lipinski definition) is 4. The van der Waals surface area contributed by atoms with Gasteiger partial charge < -0.3 is 15.4 Å². The van der Waals surface area contributed by atoms with Crippen LogP contribution in [0, 0.1) is 0 Å². The van der Waals surface area contributed by atoms with E-state index < -0.39 is 0 Å². The lowest BCUT2D eigenvalue weighted by Crippen LogP contribution is -2.44. The maximum atomic E-state index is 12.7. The van der Waals surface area contributed by atoms with Gasteiger partial charge in [-0.1, -0.05) is 6.92 Å². The molecule has 2 aliphatic rings. The molecular formula is C15H22N2O2S. The van der Waals surface area contributed by atoms with Gasteiger partial charge in [-0.25, -0.2) is 0 Å². The van der Waals surface area contributed by atoms with Gasteiger partial charge in [-0.2, -0.15) is 0 Å². The molecule has 1 fully saturated rings. The van der Waals surface area contributed by atoms with Crippen molar-refractivity contribution in [1.29, 1.82) is 0 Å². The van der Waals surface area contributed by atoms with E-state index in [2.05, 4.69) is 18.4 Å². The van der Waals surface area contributed by atoms with Crippen molar-refractivity contribution in [3.05, 3.63) is 21.9 Å². The molecule has 3 atom stereocenters. The maximum Gasteiger partial charge on any atom is 0.252 e. The van der Waals surface area contributed by atoms with Crippen molar-refractivity contribution in [2.24, 2.45) is 5.73 Å². The maximum absolute atomic E-state index is 12.7. The first-order valence-corrected chi connectivity index (χ1v) is 8.34. The quantitative estimate of drug-likeness (QED) is 0.928. The van der Waals surface area contributed by atoms with Crippen molar-refractivity contribution in [3.8, 4) is 0 Å². The van der Waals surface area contributed by atoms with Crippen LogP contribution in [-0.4, -0.2) is 36.1 Å². The van der Waals surface area contributed by atoms with Crippen LogP contribution in [0.25, 0.3) is 0 Å². The monoisotopic (exact) mass is 294 g/mol. The lowest BCUT2D eigenvalue weighted by molar-refractivity contribution is -0.145. The topological polar surface area (TPSA) is 55.6 Å². The smallest absolute Gasteiger partial charge is 0.252 e. The van der Waals surface area contributed by atoms with Crippen LogP contribution < -0.4 is 5.73 Å². The number of ether oxygens (including phenoxy) is 1. The summed E-state index contributed by atoms with van der Waals surface area (Å²) in [6, 6.07) is 2.39. The Morgan fingerprint density at radius 1 is 1.55 bits per heavy atom. The molecule has 0 aromatic carbocycles. The number of thiophene rings is 1. The second-order valence-electron chi connectivity index (χ2n) is 5.56. The molecule has 2 N–H and O–H groups in total. The average molecular weight is 294 g/mol. The van der Waals surface area contributed by atoms with E-state index in [4.69, 9.17) is 10.5 Å². The molecule has 5 heteroatoms. The van der Waals surface area contributed by atoms with E-state index >= 15 is 0 Å². The van der Waals surface area contributed by atoms with Crippen molar-refractivity contribution >= 4 is 17.2 Å². The van der Waals surface area contributed by atoms with Crippen LogP contribution in [0.15, 0.2) is 11.4 Å². The second-order valence-corrected chi connectivity index (χ2v) is 6.57. The molecule has 0 spiro atoms. The van der Waals surface area contributed by atoms with Gasteiger partial charge in [-0.15, -0.1) is 11.3 Å². The van der Waals surface area contributed by atoms with E-state index in [0.29, 0.717) is 6.54 Å². The van der Waals surface area contributed by atoms with Gasteiger partial charge in [0.1, 0.15) is 6.10 Å². The van der Waals surface area contributed by atoms with E-state index in [-0.39, 0.29) is 24.2 Å². The van der Waals surface area contributed by atoms with Gasteiger partial charge in [0, 0.05) is 18.0 Å². The highest BCUT2D eigenvalue weighted by molar-refractivity contribution is 7.10. The standard InChI is InChI=1S/C15H22N2O2S/c1-2-12-11-6-8-20-14(11)5-7-17(12)15(18)13-4-3-10(9-16)19-13/h6,8,10,12-13H,2-5,7,9,16H2,1H3. The lowest BCUT2D eigenvalue weighted by Gasteiger charge is -2.36. The van der Waals surface area contributed by atoms with Gasteiger partial charge in [0.15, 0.2) is 0 Å². The molecule has 20 heavy (non-hydrogen) atoms. The van der Waals surface area contributed by atoms with E-state index in [1.54, 1.807) is 0 Å². The molecule has 0 radical (unpaired) electrons. The summed E-state index contributed by atoms with van der Waals surface area (Å²) in [5.74, 6) is 0.157. The molecule has 0 aliphatic carbocycles. The molecule has 1 aromatic rings. The third kappa shape index (κ3) is 2.38. The van der Waals surface area contributed by atoms with Crippen molar-refractivity contribution in [1.82, 2.24) is 4.90 Å². The van der Waals surface area contributed by atoms with Gasteiger partial charge in [0.25, 0.3) is 5.91 Å². The van der Waals surface area contributed by atoms with Crippen LogP contribution in [0.4, 0.5) is 0 Å². The molecule has 4 nitrogen and oxygen atoms in total. The Morgan fingerprint density at radius 2 is 2.40 bits per heavy atom. The fourth-order valence-corrected chi connectivity index (χ4v) is 4.27. The number of rotatable bonds is 3. The van der Waals surface area contributed by atoms with Crippen LogP contribution in [0.5, 0.6) is 0 Å². The summed E-state index contributed by atoms with van der Waals surface area (Å²) in [4.78, 5) is 16.2. The largest absolute Gasteiger partial charge is 0.364 e. The summed E-state index contributed by atoms with van der Waals surface area (Å²) in [6.45, 7) is 3.48. The number of fused-ring (bicyclic) bond motifs is 1. The third-order valence-electron chi connectivity index (χ3n) is 4.41. The molecule has 3 rings (SSSR count). The Hall–Kier alpha value is -0.910. The predicted octanol–water partition coefficient (Wildman–Crippen LogP) is 2.09. The summed E-state index contributed by atoms with van der Waals surface area (Å²) in [5.41, 5.74) is 6.97. The van der Waals surface area contributed by atoms with Crippen molar-refractivity contribution in [2.75, 3.05) is 13.1 Å². The fraction of sp³-hybridized carbons (Fsp3) is 0.667. The zero-order valence-electron chi connectivity index (χ0n) is 11.9. The number of amides is 1. The molecule has 0 saturated carbocycles. The highest BCUT2D eigenvalue weighted by Gasteiger charge is 2.37. The Kier molecular flexibility index (Phi) is 4.10. The molecule has 2 aliphatic heterocycles. The fourth-order valence-electron chi connectivity index (χ4n) is 3.35. The normalized spacial score (nSPS) is 29.5. The van der Waals surface area contributed by atoms with Gasteiger partial charge in [0.2, 0.25) is 0 Å². The summed E-state index contributed by atoms with van der Waals surface area (Å²) in [7, 11) is 0. The summed E-state index contributed by atoms with van der Waals surface area (Å²) < 4.78 is 5.77. The van der Waals surface area contributed by atoms with E-state index in [9.17, 15) is 4.79 Å². The zero-order valence-corrected chi connectivity index (χ0v) is 12.7. The van der Waals surface area contributed by atoms with E-state index in [1.165, 1.54) is 10.4 Å². The Labute approximate surface area is 123 Å². The molecule has 1 aromatic heterocycles. The number of nitrogens with zero attached hydrogens (tertiary/aromatic N) is 1. The van der Waals surface area contributed by atoms with Gasteiger partial charge in [-0.3, -0.25) is 4.79 Å². The van der Waals surface area contributed by atoms with E-state index in [1.807, 2.05) is 16.2 Å². The van der Waals surface area contributed by atoms with Crippen LogP contribution in [0.3, 0.4) is 0 Å². The minimum absolute atomic E-state index is 0.0607. The predicted molar refractivity (Wildman–Crippen MR) is 79.7 cm³/mol. The second kappa shape index (κ2) is 5.84. The molecule has 1 saturated heterocycles. The van der Waals surface area contributed by atoms with E-state index in [0.717, 1.165) is 32.2 Å². The molecule has 1 amide bonds. The van der Waals surface area contributed by atoms with Crippen molar-refractivity contribution in [2.45, 2.75) is 50.9 Å². The Balaban J connectivity index is 1.75. The minimum Gasteiger partial charge on any atom is -0.364 e. The molecule has 3 unspecified atom stereocenters. The molecule has 3 heterocycles. The Bertz CT molecular complexity index is 488. The molecule has 110 valence electrons. The van der Waals surface area contributed by atoms with Crippen LogP contribution in [-0.2, 0) is 16.0 Å². The Morgan fingerprint density at radius 3 is 3.10 bits per heavy atom. The number of carbonyl (C=O) groups excluding carboxylic acids is 1. The SMILES string of the molecule is CCC1c2ccsc2CCN1C(=O)C1CCC(CN)O1. The first-order chi connectivity index (χ1) is 9.74. The van der Waals surface area contributed by atoms with Crippen LogP contribution in [0.1, 0.15) is 42.7 Å². The number of carbonyl (C=O) groups is 1. The first-order valence-electron chi connectivity index (χ1n) is 7.46. The first kappa shape index (κ1) is 14.0. The van der Waals surface area contributed by atoms with Crippen LogP contribution in [0.2, 0.25) is 0 Å². The summed E-state index contributed by atoms with van der Waals surface area (Å²) in [5, 5.41) is 2.14. The average Bonchev–Trinajstić information content (AvgIpc) is 3.13. The summed E-state index contributed by atoms with van der Waals surface area (Å²) >= 11 is 1.81. The van der Waals surface area contributed by atoms with Crippen molar-refractivity contribution < 1.29 is 9.53 Å². The summed E-state index contributed by atoms with van der Waals surface area (Å²) in [6.07, 6.45) is 3.43. The van der Waals surface area contributed by atoms with Crippen LogP contribution >= 0.6 is 11.3 Å². The van der Waals surface area contributed by atoms with Gasteiger partial charge >= 0.3 is 0 Å². The third-order valence-corrected chi connectivity index (χ3v) is 5.41. The number of nitrogens with two attached hydrogens (primary N) is 1. The minimum atomic E-state index is -0.280. The van der Waals surface area contributed by atoms with Gasteiger partial charge in [-0.05, 0) is 42.7 Å².